The fourth-order valence-corrected chi connectivity index (χ4v) is 1.27. The second-order valence-corrected chi connectivity index (χ2v) is 5.59. The van der Waals surface area contributed by atoms with E-state index >= 15 is 0 Å². The first-order valence-corrected chi connectivity index (χ1v) is 6.18. The van der Waals surface area contributed by atoms with Crippen molar-refractivity contribution < 1.29 is 9.90 Å². The third kappa shape index (κ3) is 4.12. The average Bonchev–Trinajstić information content (AvgIpc) is 2.24. The highest BCUT2D eigenvalue weighted by Crippen LogP contribution is 2.22. The van der Waals surface area contributed by atoms with Crippen molar-refractivity contribution in [2.75, 3.05) is 6.54 Å². The van der Waals surface area contributed by atoms with Crippen LogP contribution in [0, 0.1) is 11.3 Å². The van der Waals surface area contributed by atoms with E-state index < -0.39 is 5.60 Å². The van der Waals surface area contributed by atoms with Crippen LogP contribution in [0.2, 0.25) is 0 Å². The minimum atomic E-state index is -0.825. The van der Waals surface area contributed by atoms with Crippen molar-refractivity contribution in [3.05, 3.63) is 0 Å². The molecule has 0 spiro atoms. The molecule has 2 N–H and O–H groups in total. The fraction of sp³-hybridized carbons (Fsp3) is 0.923. The van der Waals surface area contributed by atoms with Crippen LogP contribution < -0.4 is 5.32 Å². The third-order valence-electron chi connectivity index (χ3n) is 3.78. The van der Waals surface area contributed by atoms with Gasteiger partial charge in [-0.25, -0.2) is 0 Å². The summed E-state index contributed by atoms with van der Waals surface area (Å²) in [6.45, 7) is 12.0. The molecule has 0 heterocycles. The van der Waals surface area contributed by atoms with Crippen LogP contribution in [-0.2, 0) is 4.79 Å². The number of rotatable bonds is 6. The molecule has 0 aromatic rings. The van der Waals surface area contributed by atoms with Crippen molar-refractivity contribution in [2.45, 2.75) is 60.0 Å². The van der Waals surface area contributed by atoms with Crippen molar-refractivity contribution in [1.29, 1.82) is 0 Å². The Morgan fingerprint density at radius 1 is 1.31 bits per heavy atom. The van der Waals surface area contributed by atoms with Crippen molar-refractivity contribution in [1.82, 2.24) is 5.32 Å². The van der Waals surface area contributed by atoms with E-state index in [0.29, 0.717) is 6.54 Å². The molecule has 0 aliphatic heterocycles. The van der Waals surface area contributed by atoms with E-state index in [1.165, 1.54) is 0 Å². The molecule has 96 valence electrons. The molecule has 2 atom stereocenters. The number of carbonyl (C=O) groups is 1. The largest absolute Gasteiger partial charge is 0.388 e. The van der Waals surface area contributed by atoms with Gasteiger partial charge in [0, 0.05) is 12.0 Å². The lowest BCUT2D eigenvalue weighted by atomic mass is 9.86. The van der Waals surface area contributed by atoms with Gasteiger partial charge in [-0.2, -0.15) is 0 Å². The molecule has 0 saturated heterocycles. The van der Waals surface area contributed by atoms with Crippen LogP contribution in [0.15, 0.2) is 0 Å². The number of carbonyl (C=O) groups excluding carboxylic acids is 1. The van der Waals surface area contributed by atoms with Gasteiger partial charge in [0.25, 0.3) is 0 Å². The second-order valence-electron chi connectivity index (χ2n) is 5.59. The molecule has 0 saturated carbocycles. The zero-order chi connectivity index (χ0) is 13.0. The van der Waals surface area contributed by atoms with E-state index in [1.807, 2.05) is 34.6 Å². The standard InChI is InChI=1S/C13H27NO2/c1-7-10(3)13(6,16)9-14-11(15)12(4,5)8-2/h10,16H,7-9H2,1-6H3,(H,14,15). The van der Waals surface area contributed by atoms with Crippen LogP contribution in [0.4, 0.5) is 0 Å². The van der Waals surface area contributed by atoms with Gasteiger partial charge in [-0.3, -0.25) is 4.79 Å². The summed E-state index contributed by atoms with van der Waals surface area (Å²) in [7, 11) is 0. The maximum Gasteiger partial charge on any atom is 0.225 e. The van der Waals surface area contributed by atoms with Crippen LogP contribution >= 0.6 is 0 Å². The molecule has 0 aliphatic rings. The van der Waals surface area contributed by atoms with Gasteiger partial charge in [0.1, 0.15) is 0 Å². The first-order chi connectivity index (χ1) is 7.17. The maximum atomic E-state index is 11.8. The molecule has 3 heteroatoms. The van der Waals surface area contributed by atoms with Crippen LogP contribution in [0.3, 0.4) is 0 Å². The highest BCUT2D eigenvalue weighted by atomic mass is 16.3. The third-order valence-corrected chi connectivity index (χ3v) is 3.78. The summed E-state index contributed by atoms with van der Waals surface area (Å²) < 4.78 is 0. The summed E-state index contributed by atoms with van der Waals surface area (Å²) in [5.41, 5.74) is -1.18. The molecule has 2 unspecified atom stereocenters. The summed E-state index contributed by atoms with van der Waals surface area (Å²) >= 11 is 0. The Morgan fingerprint density at radius 2 is 1.81 bits per heavy atom. The highest BCUT2D eigenvalue weighted by Gasteiger charge is 2.30. The monoisotopic (exact) mass is 229 g/mol. The van der Waals surface area contributed by atoms with Gasteiger partial charge in [0.15, 0.2) is 0 Å². The van der Waals surface area contributed by atoms with E-state index in [-0.39, 0.29) is 17.2 Å². The first kappa shape index (κ1) is 15.4. The number of aliphatic hydroxyl groups is 1. The molecule has 0 aromatic heterocycles. The summed E-state index contributed by atoms with van der Waals surface area (Å²) in [5, 5.41) is 13.0. The lowest BCUT2D eigenvalue weighted by molar-refractivity contribution is -0.131. The van der Waals surface area contributed by atoms with E-state index in [2.05, 4.69) is 5.32 Å². The minimum Gasteiger partial charge on any atom is -0.388 e. The number of hydrogen-bond acceptors (Lipinski definition) is 2. The molecule has 0 aromatic carbocycles. The summed E-state index contributed by atoms with van der Waals surface area (Å²) in [6, 6.07) is 0. The Bertz CT molecular complexity index is 234. The van der Waals surface area contributed by atoms with Gasteiger partial charge < -0.3 is 10.4 Å². The van der Waals surface area contributed by atoms with Gasteiger partial charge >= 0.3 is 0 Å². The molecule has 0 bridgehead atoms. The molecular weight excluding hydrogens is 202 g/mol. The van der Waals surface area contributed by atoms with Crippen LogP contribution in [0.25, 0.3) is 0 Å². The van der Waals surface area contributed by atoms with Crippen LogP contribution in [0.1, 0.15) is 54.4 Å². The second kappa shape index (κ2) is 5.67. The SMILES string of the molecule is CCC(C)C(C)(O)CNC(=O)C(C)(C)CC. The topological polar surface area (TPSA) is 49.3 Å². The molecule has 1 amide bonds. The quantitative estimate of drug-likeness (QED) is 0.734. The minimum absolute atomic E-state index is 0.0126. The van der Waals surface area contributed by atoms with Crippen molar-refractivity contribution in [3.63, 3.8) is 0 Å². The van der Waals surface area contributed by atoms with Crippen molar-refractivity contribution in [3.8, 4) is 0 Å². The fourth-order valence-electron chi connectivity index (χ4n) is 1.27. The number of amides is 1. The van der Waals surface area contributed by atoms with Crippen LogP contribution in [-0.4, -0.2) is 23.2 Å². The Kier molecular flexibility index (Phi) is 5.47. The lowest BCUT2D eigenvalue weighted by Crippen LogP contribution is -2.48. The first-order valence-electron chi connectivity index (χ1n) is 6.18. The molecule has 0 fully saturated rings. The summed E-state index contributed by atoms with van der Waals surface area (Å²) in [5.74, 6) is 0.191. The van der Waals surface area contributed by atoms with E-state index in [4.69, 9.17) is 0 Å². The summed E-state index contributed by atoms with van der Waals surface area (Å²) in [6.07, 6.45) is 1.70. The van der Waals surface area contributed by atoms with Crippen molar-refractivity contribution in [2.24, 2.45) is 11.3 Å². The normalized spacial score (nSPS) is 17.7. The zero-order valence-corrected chi connectivity index (χ0v) is 11.6. The summed E-state index contributed by atoms with van der Waals surface area (Å²) in [4.78, 5) is 11.8. The van der Waals surface area contributed by atoms with Gasteiger partial charge in [0.05, 0.1) is 5.60 Å². The molecule has 3 nitrogen and oxygen atoms in total. The molecule has 0 radical (unpaired) electrons. The average molecular weight is 229 g/mol. The maximum absolute atomic E-state index is 11.8. The Labute approximate surface area is 99.6 Å². The van der Waals surface area contributed by atoms with E-state index in [0.717, 1.165) is 12.8 Å². The molecule has 16 heavy (non-hydrogen) atoms. The molecular formula is C13H27NO2. The van der Waals surface area contributed by atoms with Gasteiger partial charge in [-0.1, -0.05) is 41.0 Å². The van der Waals surface area contributed by atoms with Gasteiger partial charge in [0.2, 0.25) is 5.91 Å². The Hall–Kier alpha value is -0.570. The molecule has 0 aliphatic carbocycles. The molecule has 0 rings (SSSR count). The predicted molar refractivity (Wildman–Crippen MR) is 67.2 cm³/mol. The Balaban J connectivity index is 4.30. The van der Waals surface area contributed by atoms with E-state index in [9.17, 15) is 9.90 Å². The smallest absolute Gasteiger partial charge is 0.225 e. The zero-order valence-electron chi connectivity index (χ0n) is 11.6. The highest BCUT2D eigenvalue weighted by molar-refractivity contribution is 5.81. The van der Waals surface area contributed by atoms with Crippen molar-refractivity contribution >= 4 is 5.91 Å². The predicted octanol–water partition coefficient (Wildman–Crippen LogP) is 2.34. The number of hydrogen-bond donors (Lipinski definition) is 2. The number of nitrogens with one attached hydrogen (secondary N) is 1. The van der Waals surface area contributed by atoms with Gasteiger partial charge in [-0.15, -0.1) is 0 Å². The van der Waals surface area contributed by atoms with Gasteiger partial charge in [-0.05, 0) is 19.3 Å². The lowest BCUT2D eigenvalue weighted by Gasteiger charge is -2.31. The van der Waals surface area contributed by atoms with Crippen LogP contribution in [0.5, 0.6) is 0 Å². The van der Waals surface area contributed by atoms with E-state index in [1.54, 1.807) is 6.92 Å². The Morgan fingerprint density at radius 3 is 2.19 bits per heavy atom.